The van der Waals surface area contributed by atoms with E-state index in [0.717, 1.165) is 15.9 Å². The fourth-order valence-electron chi connectivity index (χ4n) is 1.08. The van der Waals surface area contributed by atoms with E-state index in [4.69, 9.17) is 10.00 Å². The molecule has 0 fully saturated rings. The molecule has 4 heteroatoms. The van der Waals surface area contributed by atoms with E-state index < -0.39 is 0 Å². The van der Waals surface area contributed by atoms with Gasteiger partial charge in [-0.25, -0.2) is 0 Å². The Morgan fingerprint density at radius 2 is 2.33 bits per heavy atom. The van der Waals surface area contributed by atoms with Crippen LogP contribution in [0.25, 0.3) is 0 Å². The number of hydrogen-bond acceptors (Lipinski definition) is 3. The number of nitrogens with one attached hydrogen (secondary N) is 1. The van der Waals surface area contributed by atoms with Crippen LogP contribution < -0.4 is 10.1 Å². The Kier molecular flexibility index (Phi) is 4.44. The molecule has 80 valence electrons. The standard InChI is InChI=1S/C11H13BrN2O/c1-8(6-13)7-14-11-5-9(15-2)3-4-10(11)12/h3-5,8,14H,7H2,1-2H3. The molecular formula is C11H13BrN2O. The van der Waals surface area contributed by atoms with E-state index in [0.29, 0.717) is 6.54 Å². The monoisotopic (exact) mass is 268 g/mol. The van der Waals surface area contributed by atoms with E-state index in [9.17, 15) is 0 Å². The van der Waals surface area contributed by atoms with E-state index >= 15 is 0 Å². The van der Waals surface area contributed by atoms with Crippen LogP contribution in [-0.4, -0.2) is 13.7 Å². The first-order chi connectivity index (χ1) is 7.17. The van der Waals surface area contributed by atoms with Crippen molar-refractivity contribution >= 4 is 21.6 Å². The van der Waals surface area contributed by atoms with Gasteiger partial charge < -0.3 is 10.1 Å². The van der Waals surface area contributed by atoms with Crippen LogP contribution in [-0.2, 0) is 0 Å². The smallest absolute Gasteiger partial charge is 0.121 e. The highest BCUT2D eigenvalue weighted by Crippen LogP contribution is 2.27. The summed E-state index contributed by atoms with van der Waals surface area (Å²) in [4.78, 5) is 0. The quantitative estimate of drug-likeness (QED) is 0.913. The number of nitrogens with zero attached hydrogens (tertiary/aromatic N) is 1. The molecule has 0 aromatic heterocycles. The zero-order chi connectivity index (χ0) is 11.3. The van der Waals surface area contributed by atoms with Crippen LogP contribution in [0.3, 0.4) is 0 Å². The van der Waals surface area contributed by atoms with Crippen LogP contribution in [0, 0.1) is 17.2 Å². The van der Waals surface area contributed by atoms with E-state index in [1.165, 1.54) is 0 Å². The van der Waals surface area contributed by atoms with E-state index in [-0.39, 0.29) is 5.92 Å². The molecule has 1 N–H and O–H groups in total. The van der Waals surface area contributed by atoms with Gasteiger partial charge in [0.15, 0.2) is 0 Å². The normalized spacial score (nSPS) is 11.6. The zero-order valence-corrected chi connectivity index (χ0v) is 10.3. The van der Waals surface area contributed by atoms with Gasteiger partial charge in [-0.05, 0) is 35.0 Å². The van der Waals surface area contributed by atoms with E-state index in [2.05, 4.69) is 27.3 Å². The average molecular weight is 269 g/mol. The molecule has 0 amide bonds. The summed E-state index contributed by atoms with van der Waals surface area (Å²) >= 11 is 3.43. The molecule has 1 aromatic carbocycles. The summed E-state index contributed by atoms with van der Waals surface area (Å²) in [6.07, 6.45) is 0. The van der Waals surface area contributed by atoms with Gasteiger partial charge in [0, 0.05) is 17.1 Å². The second-order valence-electron chi connectivity index (χ2n) is 3.26. The third-order valence-electron chi connectivity index (χ3n) is 1.99. The van der Waals surface area contributed by atoms with Crippen LogP contribution in [0.5, 0.6) is 5.75 Å². The minimum absolute atomic E-state index is 0.0110. The number of nitriles is 1. The van der Waals surface area contributed by atoms with Gasteiger partial charge in [-0.1, -0.05) is 0 Å². The highest BCUT2D eigenvalue weighted by Gasteiger charge is 2.03. The number of halogens is 1. The lowest BCUT2D eigenvalue weighted by molar-refractivity contribution is 0.415. The Morgan fingerprint density at radius 1 is 1.60 bits per heavy atom. The van der Waals surface area contributed by atoms with Crippen molar-refractivity contribution in [2.45, 2.75) is 6.92 Å². The highest BCUT2D eigenvalue weighted by molar-refractivity contribution is 9.10. The number of ether oxygens (including phenoxy) is 1. The molecule has 1 rings (SSSR count). The molecule has 3 nitrogen and oxygen atoms in total. The summed E-state index contributed by atoms with van der Waals surface area (Å²) in [5, 5.41) is 11.8. The van der Waals surface area contributed by atoms with Gasteiger partial charge in [0.2, 0.25) is 0 Å². The first-order valence-corrected chi connectivity index (χ1v) is 5.43. The average Bonchev–Trinajstić information content (AvgIpc) is 2.27. The Bertz CT molecular complexity index is 373. The molecule has 0 radical (unpaired) electrons. The van der Waals surface area contributed by atoms with Crippen molar-refractivity contribution in [3.63, 3.8) is 0 Å². The fraction of sp³-hybridized carbons (Fsp3) is 0.364. The van der Waals surface area contributed by atoms with Crippen LogP contribution >= 0.6 is 15.9 Å². The SMILES string of the molecule is COc1ccc(Br)c(NCC(C)C#N)c1. The predicted octanol–water partition coefficient (Wildman–Crippen LogP) is 3.03. The van der Waals surface area contributed by atoms with Gasteiger partial charge in [-0.15, -0.1) is 0 Å². The van der Waals surface area contributed by atoms with Gasteiger partial charge in [0.25, 0.3) is 0 Å². The summed E-state index contributed by atoms with van der Waals surface area (Å²) in [5.41, 5.74) is 0.941. The molecule has 0 saturated heterocycles. The lowest BCUT2D eigenvalue weighted by Gasteiger charge is -2.10. The van der Waals surface area contributed by atoms with Crippen molar-refractivity contribution in [2.75, 3.05) is 19.0 Å². The molecular weight excluding hydrogens is 256 g/mol. The number of rotatable bonds is 4. The van der Waals surface area contributed by atoms with Gasteiger partial charge >= 0.3 is 0 Å². The van der Waals surface area contributed by atoms with Crippen molar-refractivity contribution in [3.05, 3.63) is 22.7 Å². The molecule has 0 aliphatic heterocycles. The molecule has 0 aliphatic carbocycles. The maximum absolute atomic E-state index is 8.66. The minimum atomic E-state index is -0.0110. The summed E-state index contributed by atoms with van der Waals surface area (Å²) in [6, 6.07) is 7.86. The molecule has 0 saturated carbocycles. The van der Waals surface area contributed by atoms with Gasteiger partial charge in [-0.3, -0.25) is 0 Å². The number of benzene rings is 1. The van der Waals surface area contributed by atoms with Crippen molar-refractivity contribution in [2.24, 2.45) is 5.92 Å². The largest absolute Gasteiger partial charge is 0.497 e. The van der Waals surface area contributed by atoms with Gasteiger partial charge in [0.1, 0.15) is 5.75 Å². The third kappa shape index (κ3) is 3.45. The molecule has 1 unspecified atom stereocenters. The number of hydrogen-bond donors (Lipinski definition) is 1. The topological polar surface area (TPSA) is 45.0 Å². The first-order valence-electron chi connectivity index (χ1n) is 4.64. The Labute approximate surface area is 98.2 Å². The number of anilines is 1. The van der Waals surface area contributed by atoms with Crippen LogP contribution in [0.15, 0.2) is 22.7 Å². The van der Waals surface area contributed by atoms with E-state index in [1.54, 1.807) is 7.11 Å². The minimum Gasteiger partial charge on any atom is -0.497 e. The zero-order valence-electron chi connectivity index (χ0n) is 8.75. The first kappa shape index (κ1) is 11.9. The summed E-state index contributed by atoms with van der Waals surface area (Å²) in [6.45, 7) is 2.50. The van der Waals surface area contributed by atoms with Crippen LogP contribution in [0.4, 0.5) is 5.69 Å². The summed E-state index contributed by atoms with van der Waals surface area (Å²) in [5.74, 6) is 0.786. The molecule has 0 heterocycles. The number of methoxy groups -OCH3 is 1. The molecule has 0 spiro atoms. The predicted molar refractivity (Wildman–Crippen MR) is 64.0 cm³/mol. The molecule has 0 bridgehead atoms. The van der Waals surface area contributed by atoms with Crippen LogP contribution in [0.2, 0.25) is 0 Å². The Hall–Kier alpha value is -1.21. The summed E-state index contributed by atoms with van der Waals surface area (Å²) in [7, 11) is 1.63. The fourth-order valence-corrected chi connectivity index (χ4v) is 1.46. The summed E-state index contributed by atoms with van der Waals surface area (Å²) < 4.78 is 6.08. The van der Waals surface area contributed by atoms with Crippen molar-refractivity contribution < 1.29 is 4.74 Å². The third-order valence-corrected chi connectivity index (χ3v) is 2.68. The van der Waals surface area contributed by atoms with Crippen LogP contribution in [0.1, 0.15) is 6.92 Å². The second kappa shape index (κ2) is 5.62. The highest BCUT2D eigenvalue weighted by atomic mass is 79.9. The molecule has 15 heavy (non-hydrogen) atoms. The molecule has 0 aliphatic rings. The van der Waals surface area contributed by atoms with Crippen molar-refractivity contribution in [1.29, 1.82) is 5.26 Å². The maximum Gasteiger partial charge on any atom is 0.121 e. The lowest BCUT2D eigenvalue weighted by Crippen LogP contribution is -2.09. The Morgan fingerprint density at radius 3 is 2.93 bits per heavy atom. The van der Waals surface area contributed by atoms with E-state index in [1.807, 2.05) is 25.1 Å². The van der Waals surface area contributed by atoms with Gasteiger partial charge in [-0.2, -0.15) is 5.26 Å². The lowest BCUT2D eigenvalue weighted by atomic mass is 10.2. The molecule has 1 atom stereocenters. The Balaban J connectivity index is 2.71. The van der Waals surface area contributed by atoms with Gasteiger partial charge in [0.05, 0.1) is 24.8 Å². The maximum atomic E-state index is 8.66. The van der Waals surface area contributed by atoms with Crippen molar-refractivity contribution in [3.8, 4) is 11.8 Å². The molecule has 1 aromatic rings. The second-order valence-corrected chi connectivity index (χ2v) is 4.11. The van der Waals surface area contributed by atoms with Crippen molar-refractivity contribution in [1.82, 2.24) is 0 Å².